The molecule has 11 nitrogen and oxygen atoms in total. The van der Waals surface area contributed by atoms with Gasteiger partial charge in [0, 0.05) is 17.7 Å². The van der Waals surface area contributed by atoms with Crippen LogP contribution in [-0.4, -0.2) is 58.4 Å². The highest BCUT2D eigenvalue weighted by Gasteiger charge is 2.26. The van der Waals surface area contributed by atoms with Crippen LogP contribution < -0.4 is 5.32 Å². The van der Waals surface area contributed by atoms with E-state index in [-0.39, 0.29) is 24.3 Å². The predicted octanol–water partition coefficient (Wildman–Crippen LogP) is -0.269. The standard InChI is InChI=1S/C13H11N5O6/c19-8-16(7-14-17-6-12(21)15-13(17)22)5-11(20)9-1-3-10(4-2-9)18(23)24/h1-4,7-8H,5-6H2,(H,15,21,22). The maximum absolute atomic E-state index is 12.0. The van der Waals surface area contributed by atoms with Crippen molar-refractivity contribution in [3.05, 3.63) is 39.9 Å². The molecule has 0 aliphatic carbocycles. The van der Waals surface area contributed by atoms with Gasteiger partial charge in [-0.25, -0.2) is 9.80 Å². The number of ketones is 1. The largest absolute Gasteiger partial charge is 0.345 e. The lowest BCUT2D eigenvalue weighted by Gasteiger charge is -2.12. The second-order valence-electron chi connectivity index (χ2n) is 4.65. The van der Waals surface area contributed by atoms with E-state index < -0.39 is 22.6 Å². The van der Waals surface area contributed by atoms with Crippen LogP contribution in [0.1, 0.15) is 10.4 Å². The number of benzene rings is 1. The minimum Gasteiger partial charge on any atom is -0.296 e. The second-order valence-corrected chi connectivity index (χ2v) is 4.65. The number of carbonyl (C=O) groups is 4. The Kier molecular flexibility index (Phi) is 4.94. The lowest BCUT2D eigenvalue weighted by molar-refractivity contribution is -0.384. The minimum absolute atomic E-state index is 0.162. The summed E-state index contributed by atoms with van der Waals surface area (Å²) < 4.78 is 0. The first-order valence-corrected chi connectivity index (χ1v) is 6.55. The van der Waals surface area contributed by atoms with Crippen LogP contribution in [0.25, 0.3) is 0 Å². The van der Waals surface area contributed by atoms with Crippen molar-refractivity contribution >= 4 is 36.2 Å². The van der Waals surface area contributed by atoms with Gasteiger partial charge in [0.1, 0.15) is 12.9 Å². The molecule has 1 aromatic rings. The van der Waals surface area contributed by atoms with Crippen molar-refractivity contribution in [1.82, 2.24) is 15.2 Å². The summed E-state index contributed by atoms with van der Waals surface area (Å²) in [6, 6.07) is 4.16. The Hall–Kier alpha value is -3.63. The number of nitrogens with one attached hydrogen (secondary N) is 1. The molecule has 0 spiro atoms. The fourth-order valence-corrected chi connectivity index (χ4v) is 1.78. The average molecular weight is 333 g/mol. The molecule has 0 bridgehead atoms. The number of hydrogen-bond donors (Lipinski definition) is 1. The molecule has 0 radical (unpaired) electrons. The fraction of sp³-hybridized carbons (Fsp3) is 0.154. The molecule has 0 atom stereocenters. The molecular formula is C13H11N5O6. The van der Waals surface area contributed by atoms with Crippen molar-refractivity contribution < 1.29 is 24.1 Å². The number of amides is 4. The number of imide groups is 1. The van der Waals surface area contributed by atoms with Gasteiger partial charge in [-0.1, -0.05) is 0 Å². The Morgan fingerprint density at radius 3 is 2.54 bits per heavy atom. The van der Waals surface area contributed by atoms with Gasteiger partial charge in [0.15, 0.2) is 5.78 Å². The molecule has 24 heavy (non-hydrogen) atoms. The predicted molar refractivity (Wildman–Crippen MR) is 78.9 cm³/mol. The Morgan fingerprint density at radius 2 is 2.04 bits per heavy atom. The van der Waals surface area contributed by atoms with Crippen LogP contribution in [0.3, 0.4) is 0 Å². The Balaban J connectivity index is 2.00. The Bertz CT molecular complexity index is 729. The third-order valence-corrected chi connectivity index (χ3v) is 2.98. The van der Waals surface area contributed by atoms with Crippen molar-refractivity contribution in [3.63, 3.8) is 0 Å². The molecule has 1 N–H and O–H groups in total. The molecular weight excluding hydrogens is 322 g/mol. The smallest absolute Gasteiger partial charge is 0.296 e. The van der Waals surface area contributed by atoms with Crippen LogP contribution in [0.2, 0.25) is 0 Å². The molecule has 1 heterocycles. The number of nitro benzene ring substituents is 1. The van der Waals surface area contributed by atoms with Crippen molar-refractivity contribution in [3.8, 4) is 0 Å². The molecule has 1 aromatic carbocycles. The highest BCUT2D eigenvalue weighted by Crippen LogP contribution is 2.12. The zero-order valence-electron chi connectivity index (χ0n) is 12.1. The SMILES string of the molecule is O=CN(C=NN1CC(=O)NC1=O)CC(=O)c1ccc([N+](=O)[O-])cc1. The van der Waals surface area contributed by atoms with Gasteiger partial charge in [0.2, 0.25) is 12.3 Å². The zero-order chi connectivity index (χ0) is 17.7. The number of Topliss-reactive ketones (excluding diaryl/α,β-unsaturated/α-hetero) is 1. The van der Waals surface area contributed by atoms with E-state index in [2.05, 4.69) is 5.10 Å². The highest BCUT2D eigenvalue weighted by atomic mass is 16.6. The quantitative estimate of drug-likeness (QED) is 0.138. The minimum atomic E-state index is -0.733. The average Bonchev–Trinajstić information content (AvgIpc) is 2.88. The van der Waals surface area contributed by atoms with Gasteiger partial charge in [-0.15, -0.1) is 0 Å². The van der Waals surface area contributed by atoms with Gasteiger partial charge in [-0.05, 0) is 12.1 Å². The maximum atomic E-state index is 12.0. The van der Waals surface area contributed by atoms with Gasteiger partial charge < -0.3 is 0 Å². The summed E-state index contributed by atoms with van der Waals surface area (Å²) in [5.74, 6) is -1.01. The maximum Gasteiger partial charge on any atom is 0.345 e. The first-order valence-electron chi connectivity index (χ1n) is 6.55. The van der Waals surface area contributed by atoms with E-state index in [0.717, 1.165) is 16.2 Å². The molecule has 0 saturated carbocycles. The molecule has 4 amide bonds. The van der Waals surface area contributed by atoms with Crippen LogP contribution in [-0.2, 0) is 9.59 Å². The van der Waals surface area contributed by atoms with E-state index in [1.165, 1.54) is 24.3 Å². The summed E-state index contributed by atoms with van der Waals surface area (Å²) in [4.78, 5) is 56.1. The van der Waals surface area contributed by atoms with Crippen molar-refractivity contribution in [2.75, 3.05) is 13.1 Å². The number of nitro groups is 1. The second kappa shape index (κ2) is 7.09. The summed E-state index contributed by atoms with van der Waals surface area (Å²) in [5, 5.41) is 17.0. The van der Waals surface area contributed by atoms with E-state index >= 15 is 0 Å². The van der Waals surface area contributed by atoms with Crippen LogP contribution >= 0.6 is 0 Å². The molecule has 1 fully saturated rings. The molecule has 0 unspecified atom stereocenters. The van der Waals surface area contributed by atoms with Gasteiger partial charge in [0.05, 0.1) is 11.5 Å². The first kappa shape index (κ1) is 16.7. The third-order valence-electron chi connectivity index (χ3n) is 2.98. The number of non-ortho nitro benzene ring substituents is 1. The number of nitrogens with zero attached hydrogens (tertiary/aromatic N) is 4. The fourth-order valence-electron chi connectivity index (χ4n) is 1.78. The van der Waals surface area contributed by atoms with Crippen LogP contribution in [0.15, 0.2) is 29.4 Å². The number of hydrazone groups is 1. The third kappa shape index (κ3) is 3.97. The topological polar surface area (TPSA) is 142 Å². The summed E-state index contributed by atoms with van der Waals surface area (Å²) >= 11 is 0. The van der Waals surface area contributed by atoms with E-state index in [9.17, 15) is 29.3 Å². The van der Waals surface area contributed by atoms with E-state index in [4.69, 9.17) is 0 Å². The molecule has 0 aromatic heterocycles. The van der Waals surface area contributed by atoms with E-state index in [1.807, 2.05) is 5.32 Å². The van der Waals surface area contributed by atoms with Crippen molar-refractivity contribution in [1.29, 1.82) is 0 Å². The van der Waals surface area contributed by atoms with Gasteiger partial charge >= 0.3 is 6.03 Å². The number of urea groups is 1. The molecule has 124 valence electrons. The summed E-state index contributed by atoms with van der Waals surface area (Å²) in [7, 11) is 0. The lowest BCUT2D eigenvalue weighted by atomic mass is 10.1. The first-order chi connectivity index (χ1) is 11.4. The molecule has 1 aliphatic heterocycles. The van der Waals surface area contributed by atoms with Crippen LogP contribution in [0.4, 0.5) is 10.5 Å². The zero-order valence-corrected chi connectivity index (χ0v) is 12.1. The molecule has 11 heteroatoms. The normalized spacial score (nSPS) is 13.9. The molecule has 2 rings (SSSR count). The summed E-state index contributed by atoms with van der Waals surface area (Å²) in [5.41, 5.74) is 0.0139. The lowest BCUT2D eigenvalue weighted by Crippen LogP contribution is -2.30. The summed E-state index contributed by atoms with van der Waals surface area (Å²) in [6.45, 7) is -0.660. The number of rotatable bonds is 7. The van der Waals surface area contributed by atoms with Crippen LogP contribution in [0.5, 0.6) is 0 Å². The van der Waals surface area contributed by atoms with E-state index in [0.29, 0.717) is 6.41 Å². The molecule has 1 saturated heterocycles. The van der Waals surface area contributed by atoms with Crippen molar-refractivity contribution in [2.45, 2.75) is 0 Å². The summed E-state index contributed by atoms with van der Waals surface area (Å²) in [6.07, 6.45) is 1.26. The Morgan fingerprint density at radius 1 is 1.38 bits per heavy atom. The highest BCUT2D eigenvalue weighted by molar-refractivity contribution is 6.02. The van der Waals surface area contributed by atoms with Crippen LogP contribution in [0, 0.1) is 10.1 Å². The number of hydrogen-bond acceptors (Lipinski definition) is 7. The Labute approximate surface area is 134 Å². The van der Waals surface area contributed by atoms with Crippen molar-refractivity contribution in [2.24, 2.45) is 5.10 Å². The number of carbonyl (C=O) groups excluding carboxylic acids is 4. The van der Waals surface area contributed by atoms with Gasteiger partial charge in [-0.2, -0.15) is 5.10 Å². The van der Waals surface area contributed by atoms with Gasteiger partial charge in [-0.3, -0.25) is 34.7 Å². The van der Waals surface area contributed by atoms with E-state index in [1.54, 1.807) is 0 Å². The monoisotopic (exact) mass is 333 g/mol. The van der Waals surface area contributed by atoms with Gasteiger partial charge in [0.25, 0.3) is 5.69 Å². The molecule has 1 aliphatic rings.